The van der Waals surface area contributed by atoms with Gasteiger partial charge in [0.25, 0.3) is 0 Å². The van der Waals surface area contributed by atoms with Crippen LogP contribution in [0.15, 0.2) is 30.3 Å². The molecule has 0 fully saturated rings. The van der Waals surface area contributed by atoms with Crippen LogP contribution in [0.5, 0.6) is 0 Å². The molecule has 4 nitrogen and oxygen atoms in total. The number of amides is 1. The van der Waals surface area contributed by atoms with Crippen molar-refractivity contribution in [2.45, 2.75) is 19.8 Å². The number of ether oxygens (including phenoxy) is 1. The molecule has 0 heterocycles. The van der Waals surface area contributed by atoms with Crippen LogP contribution in [0.3, 0.4) is 0 Å². The Morgan fingerprint density at radius 1 is 1.17 bits per heavy atom. The Morgan fingerprint density at radius 3 is 2.17 bits per heavy atom. The van der Waals surface area contributed by atoms with Crippen molar-refractivity contribution in [3.8, 4) is 0 Å². The zero-order valence-corrected chi connectivity index (χ0v) is 11.1. The summed E-state index contributed by atoms with van der Waals surface area (Å²) in [5.74, 6) is -1.59. The molecule has 1 aromatic carbocycles. The molecule has 0 bridgehead atoms. The first kappa shape index (κ1) is 14.2. The molecule has 0 aliphatic rings. The smallest absolute Gasteiger partial charge is 0.322 e. The first-order valence-electron chi connectivity index (χ1n) is 6.07. The lowest BCUT2D eigenvalue weighted by Crippen LogP contribution is -2.38. The van der Waals surface area contributed by atoms with Crippen LogP contribution in [0.2, 0.25) is 0 Å². The van der Waals surface area contributed by atoms with Gasteiger partial charge in [0, 0.05) is 13.1 Å². The third-order valence-corrected chi connectivity index (χ3v) is 2.89. The van der Waals surface area contributed by atoms with Crippen LogP contribution in [0.4, 0.5) is 0 Å². The second-order valence-electron chi connectivity index (χ2n) is 3.88. The SMILES string of the molecule is CCN(CC)C(=O)[C@H](C(=O)OC)c1ccccc1. The van der Waals surface area contributed by atoms with Gasteiger partial charge >= 0.3 is 5.97 Å². The predicted octanol–water partition coefficient (Wildman–Crippen LogP) is 1.81. The number of benzene rings is 1. The van der Waals surface area contributed by atoms with Crippen LogP contribution in [-0.2, 0) is 14.3 Å². The largest absolute Gasteiger partial charge is 0.468 e. The standard InChI is InChI=1S/C14H19NO3/c1-4-15(5-2)13(16)12(14(17)18-3)11-9-7-6-8-10-11/h6-10,12H,4-5H2,1-3H3/t12-/m1/s1. The van der Waals surface area contributed by atoms with E-state index in [0.29, 0.717) is 18.7 Å². The minimum absolute atomic E-state index is 0.210. The van der Waals surface area contributed by atoms with Crippen LogP contribution < -0.4 is 0 Å². The van der Waals surface area contributed by atoms with Gasteiger partial charge in [-0.1, -0.05) is 30.3 Å². The maximum atomic E-state index is 12.3. The van der Waals surface area contributed by atoms with Gasteiger partial charge in [0.1, 0.15) is 0 Å². The summed E-state index contributed by atoms with van der Waals surface area (Å²) in [7, 11) is 1.30. The maximum absolute atomic E-state index is 12.3. The highest BCUT2D eigenvalue weighted by molar-refractivity contribution is 6.03. The third-order valence-electron chi connectivity index (χ3n) is 2.89. The van der Waals surface area contributed by atoms with Crippen LogP contribution in [0.1, 0.15) is 25.3 Å². The minimum Gasteiger partial charge on any atom is -0.468 e. The number of hydrogen-bond acceptors (Lipinski definition) is 3. The summed E-state index contributed by atoms with van der Waals surface area (Å²) in [5.41, 5.74) is 0.668. The molecule has 4 heteroatoms. The number of methoxy groups -OCH3 is 1. The molecule has 0 saturated carbocycles. The zero-order valence-electron chi connectivity index (χ0n) is 11.1. The highest BCUT2D eigenvalue weighted by Crippen LogP contribution is 2.20. The Labute approximate surface area is 108 Å². The quantitative estimate of drug-likeness (QED) is 0.590. The van der Waals surface area contributed by atoms with Gasteiger partial charge < -0.3 is 9.64 Å². The topological polar surface area (TPSA) is 46.6 Å². The van der Waals surface area contributed by atoms with E-state index in [0.717, 1.165) is 0 Å². The molecule has 0 aliphatic heterocycles. The van der Waals surface area contributed by atoms with E-state index in [2.05, 4.69) is 0 Å². The van der Waals surface area contributed by atoms with Crippen molar-refractivity contribution in [1.29, 1.82) is 0 Å². The van der Waals surface area contributed by atoms with Crippen molar-refractivity contribution >= 4 is 11.9 Å². The van der Waals surface area contributed by atoms with Crippen molar-refractivity contribution in [3.05, 3.63) is 35.9 Å². The Morgan fingerprint density at radius 2 is 1.72 bits per heavy atom. The van der Waals surface area contributed by atoms with Crippen molar-refractivity contribution in [1.82, 2.24) is 4.90 Å². The molecular formula is C14H19NO3. The van der Waals surface area contributed by atoms with Crippen molar-refractivity contribution in [2.24, 2.45) is 0 Å². The molecule has 18 heavy (non-hydrogen) atoms. The molecule has 0 unspecified atom stereocenters. The van der Waals surface area contributed by atoms with E-state index in [4.69, 9.17) is 4.74 Å². The molecule has 1 aromatic rings. The summed E-state index contributed by atoms with van der Waals surface area (Å²) in [6.45, 7) is 4.94. The number of carbonyl (C=O) groups excluding carboxylic acids is 2. The van der Waals surface area contributed by atoms with Crippen LogP contribution >= 0.6 is 0 Å². The van der Waals surface area contributed by atoms with Crippen molar-refractivity contribution in [2.75, 3.05) is 20.2 Å². The van der Waals surface area contributed by atoms with Gasteiger partial charge in [-0.2, -0.15) is 0 Å². The molecule has 0 radical (unpaired) electrons. The second kappa shape index (κ2) is 6.79. The fourth-order valence-corrected chi connectivity index (χ4v) is 1.86. The number of likely N-dealkylation sites (N-methyl/N-ethyl adjacent to an activating group) is 1. The number of rotatable bonds is 5. The van der Waals surface area contributed by atoms with Crippen LogP contribution in [-0.4, -0.2) is 37.0 Å². The first-order chi connectivity index (χ1) is 8.65. The van der Waals surface area contributed by atoms with E-state index in [1.807, 2.05) is 19.9 Å². The van der Waals surface area contributed by atoms with E-state index in [9.17, 15) is 9.59 Å². The van der Waals surface area contributed by atoms with Gasteiger partial charge in [0.05, 0.1) is 7.11 Å². The average molecular weight is 249 g/mol. The average Bonchev–Trinajstić information content (AvgIpc) is 2.41. The Kier molecular flexibility index (Phi) is 5.36. The highest BCUT2D eigenvalue weighted by Gasteiger charge is 2.31. The van der Waals surface area contributed by atoms with E-state index in [-0.39, 0.29) is 5.91 Å². The van der Waals surface area contributed by atoms with Crippen molar-refractivity contribution < 1.29 is 14.3 Å². The molecule has 0 N–H and O–H groups in total. The fourth-order valence-electron chi connectivity index (χ4n) is 1.86. The van der Waals surface area contributed by atoms with Crippen LogP contribution in [0.25, 0.3) is 0 Å². The minimum atomic E-state index is -0.865. The van der Waals surface area contributed by atoms with Gasteiger partial charge in [0.15, 0.2) is 5.92 Å². The summed E-state index contributed by atoms with van der Waals surface area (Å²) in [6, 6.07) is 8.99. The van der Waals surface area contributed by atoms with E-state index >= 15 is 0 Å². The summed E-state index contributed by atoms with van der Waals surface area (Å²) in [5, 5.41) is 0. The zero-order chi connectivity index (χ0) is 13.5. The number of hydrogen-bond donors (Lipinski definition) is 0. The number of esters is 1. The molecule has 1 atom stereocenters. The van der Waals surface area contributed by atoms with Gasteiger partial charge in [-0.3, -0.25) is 9.59 Å². The van der Waals surface area contributed by atoms with Gasteiger partial charge in [0.2, 0.25) is 5.91 Å². The summed E-state index contributed by atoms with van der Waals surface area (Å²) < 4.78 is 4.74. The Bertz CT molecular complexity index is 399. The molecule has 0 aromatic heterocycles. The molecule has 0 spiro atoms. The first-order valence-corrected chi connectivity index (χ1v) is 6.07. The maximum Gasteiger partial charge on any atom is 0.322 e. The molecule has 1 amide bonds. The summed E-state index contributed by atoms with van der Waals surface area (Å²) in [4.78, 5) is 25.8. The molecule has 0 aliphatic carbocycles. The highest BCUT2D eigenvalue weighted by atomic mass is 16.5. The molecular weight excluding hydrogens is 230 g/mol. The van der Waals surface area contributed by atoms with E-state index < -0.39 is 11.9 Å². The molecule has 0 saturated heterocycles. The van der Waals surface area contributed by atoms with E-state index in [1.54, 1.807) is 29.2 Å². The lowest BCUT2D eigenvalue weighted by molar-refractivity contribution is -0.149. The lowest BCUT2D eigenvalue weighted by Gasteiger charge is -2.23. The third kappa shape index (κ3) is 3.09. The van der Waals surface area contributed by atoms with E-state index in [1.165, 1.54) is 7.11 Å². The lowest BCUT2D eigenvalue weighted by atomic mass is 9.97. The van der Waals surface area contributed by atoms with Crippen molar-refractivity contribution in [3.63, 3.8) is 0 Å². The Hall–Kier alpha value is -1.84. The monoisotopic (exact) mass is 249 g/mol. The fraction of sp³-hybridized carbons (Fsp3) is 0.429. The number of nitrogens with zero attached hydrogens (tertiary/aromatic N) is 1. The second-order valence-corrected chi connectivity index (χ2v) is 3.88. The van der Waals surface area contributed by atoms with Gasteiger partial charge in [-0.25, -0.2) is 0 Å². The summed E-state index contributed by atoms with van der Waals surface area (Å²) >= 11 is 0. The van der Waals surface area contributed by atoms with Gasteiger partial charge in [-0.15, -0.1) is 0 Å². The molecule has 1 rings (SSSR count). The van der Waals surface area contributed by atoms with Crippen LogP contribution in [0, 0.1) is 0 Å². The number of carbonyl (C=O) groups is 2. The normalized spacial score (nSPS) is 11.7. The van der Waals surface area contributed by atoms with Gasteiger partial charge in [-0.05, 0) is 19.4 Å². The Balaban J connectivity index is 3.07. The predicted molar refractivity (Wildman–Crippen MR) is 69.1 cm³/mol. The molecule has 98 valence electrons. The summed E-state index contributed by atoms with van der Waals surface area (Å²) in [6.07, 6.45) is 0.